The molecule has 90 valence electrons. The van der Waals surface area contributed by atoms with Crippen LogP contribution >= 0.6 is 0 Å². The predicted octanol–water partition coefficient (Wildman–Crippen LogP) is 0.0719. The zero-order valence-corrected chi connectivity index (χ0v) is 9.49. The van der Waals surface area contributed by atoms with Crippen LogP contribution < -0.4 is 16.8 Å². The van der Waals surface area contributed by atoms with Gasteiger partial charge in [-0.2, -0.15) is 5.10 Å². The van der Waals surface area contributed by atoms with Crippen molar-refractivity contribution in [3.05, 3.63) is 5.69 Å². The Balaban J connectivity index is 2.53. The first-order valence-electron chi connectivity index (χ1n) is 5.03. The standard InChI is InChI=1S/C9H17N5O2/c1-3-6-7(10)8(14(2)13-6)12-4-5-16-9(11)15/h12H,3-5,10H2,1-2H3,(H2,11,15). The summed E-state index contributed by atoms with van der Waals surface area (Å²) in [6.45, 7) is 2.62. The zero-order valence-electron chi connectivity index (χ0n) is 9.49. The molecule has 1 aromatic rings. The van der Waals surface area contributed by atoms with Gasteiger partial charge in [-0.05, 0) is 6.42 Å². The lowest BCUT2D eigenvalue weighted by Gasteiger charge is -2.07. The van der Waals surface area contributed by atoms with Crippen molar-refractivity contribution >= 4 is 17.6 Å². The number of carbonyl (C=O) groups is 1. The number of hydrogen-bond donors (Lipinski definition) is 3. The van der Waals surface area contributed by atoms with Gasteiger partial charge in [0.1, 0.15) is 12.4 Å². The van der Waals surface area contributed by atoms with Gasteiger partial charge in [0.25, 0.3) is 0 Å². The van der Waals surface area contributed by atoms with E-state index >= 15 is 0 Å². The molecule has 0 radical (unpaired) electrons. The molecule has 5 N–H and O–H groups in total. The number of aryl methyl sites for hydroxylation is 2. The first-order valence-corrected chi connectivity index (χ1v) is 5.03. The molecule has 0 saturated carbocycles. The highest BCUT2D eigenvalue weighted by Crippen LogP contribution is 2.21. The monoisotopic (exact) mass is 227 g/mol. The van der Waals surface area contributed by atoms with E-state index in [1.165, 1.54) is 0 Å². The molecule has 0 aliphatic heterocycles. The van der Waals surface area contributed by atoms with Crippen LogP contribution in [0.3, 0.4) is 0 Å². The van der Waals surface area contributed by atoms with Crippen molar-refractivity contribution in [2.75, 3.05) is 24.2 Å². The molecule has 1 aromatic heterocycles. The number of nitrogens with two attached hydrogens (primary N) is 2. The van der Waals surface area contributed by atoms with E-state index in [2.05, 4.69) is 15.2 Å². The molecule has 1 heterocycles. The summed E-state index contributed by atoms with van der Waals surface area (Å²) in [4.78, 5) is 10.3. The van der Waals surface area contributed by atoms with Crippen LogP contribution in [0, 0.1) is 0 Å². The third-order valence-electron chi connectivity index (χ3n) is 2.13. The Morgan fingerprint density at radius 3 is 2.81 bits per heavy atom. The molecule has 7 heteroatoms. The van der Waals surface area contributed by atoms with Crippen molar-refractivity contribution in [1.82, 2.24) is 9.78 Å². The molecule has 0 fully saturated rings. The van der Waals surface area contributed by atoms with E-state index in [4.69, 9.17) is 11.5 Å². The maximum atomic E-state index is 10.3. The fraction of sp³-hybridized carbons (Fsp3) is 0.556. The minimum atomic E-state index is -0.783. The normalized spacial score (nSPS) is 10.1. The van der Waals surface area contributed by atoms with Gasteiger partial charge >= 0.3 is 6.09 Å². The number of aromatic nitrogens is 2. The molecule has 1 amide bonds. The van der Waals surface area contributed by atoms with Gasteiger partial charge in [-0.25, -0.2) is 4.79 Å². The second-order valence-electron chi connectivity index (χ2n) is 3.28. The number of nitrogen functional groups attached to an aromatic ring is 1. The van der Waals surface area contributed by atoms with Crippen LogP contribution in [0.1, 0.15) is 12.6 Å². The van der Waals surface area contributed by atoms with Crippen molar-refractivity contribution in [2.24, 2.45) is 12.8 Å². The van der Waals surface area contributed by atoms with Gasteiger partial charge in [0.2, 0.25) is 0 Å². The number of hydrogen-bond acceptors (Lipinski definition) is 5. The molecule has 0 spiro atoms. The third kappa shape index (κ3) is 2.78. The van der Waals surface area contributed by atoms with Crippen molar-refractivity contribution in [3.63, 3.8) is 0 Å². The molecule has 0 aromatic carbocycles. The highest BCUT2D eigenvalue weighted by atomic mass is 16.5. The van der Waals surface area contributed by atoms with Gasteiger partial charge in [-0.1, -0.05) is 6.92 Å². The van der Waals surface area contributed by atoms with E-state index in [9.17, 15) is 4.79 Å². The van der Waals surface area contributed by atoms with Crippen LogP contribution in [0.4, 0.5) is 16.3 Å². The number of primary amides is 1. The van der Waals surface area contributed by atoms with Crippen LogP contribution in [0.5, 0.6) is 0 Å². The Morgan fingerprint density at radius 1 is 1.62 bits per heavy atom. The zero-order chi connectivity index (χ0) is 12.1. The summed E-state index contributed by atoms with van der Waals surface area (Å²) in [5.74, 6) is 0.727. The van der Waals surface area contributed by atoms with Gasteiger partial charge in [-0.3, -0.25) is 4.68 Å². The lowest BCUT2D eigenvalue weighted by atomic mass is 10.3. The van der Waals surface area contributed by atoms with E-state index in [0.29, 0.717) is 12.2 Å². The van der Waals surface area contributed by atoms with Crippen LogP contribution in [-0.2, 0) is 18.2 Å². The lowest BCUT2D eigenvalue weighted by Crippen LogP contribution is -2.19. The summed E-state index contributed by atoms with van der Waals surface area (Å²) < 4.78 is 6.25. The topological polar surface area (TPSA) is 108 Å². The largest absolute Gasteiger partial charge is 0.448 e. The summed E-state index contributed by atoms with van der Waals surface area (Å²) in [6.07, 6.45) is -0.00639. The SMILES string of the molecule is CCc1nn(C)c(NCCOC(N)=O)c1N. The Hall–Kier alpha value is -1.92. The number of amides is 1. The van der Waals surface area contributed by atoms with Crippen molar-refractivity contribution < 1.29 is 9.53 Å². The lowest BCUT2D eigenvalue weighted by molar-refractivity contribution is 0.161. The molecule has 7 nitrogen and oxygen atoms in total. The average molecular weight is 227 g/mol. The van der Waals surface area contributed by atoms with E-state index in [1.807, 2.05) is 6.92 Å². The van der Waals surface area contributed by atoms with Crippen molar-refractivity contribution in [1.29, 1.82) is 0 Å². The predicted molar refractivity (Wildman–Crippen MR) is 61.0 cm³/mol. The summed E-state index contributed by atoms with van der Waals surface area (Å²) >= 11 is 0. The number of ether oxygens (including phenoxy) is 1. The van der Waals surface area contributed by atoms with Gasteiger partial charge in [0, 0.05) is 7.05 Å². The second kappa shape index (κ2) is 5.24. The molecule has 0 bridgehead atoms. The summed E-state index contributed by atoms with van der Waals surface area (Å²) in [5, 5.41) is 7.27. The van der Waals surface area contributed by atoms with E-state index in [-0.39, 0.29) is 6.61 Å². The van der Waals surface area contributed by atoms with Crippen LogP contribution in [0.2, 0.25) is 0 Å². The van der Waals surface area contributed by atoms with Crippen molar-refractivity contribution in [3.8, 4) is 0 Å². The highest BCUT2D eigenvalue weighted by Gasteiger charge is 2.10. The number of nitrogens with zero attached hydrogens (tertiary/aromatic N) is 2. The summed E-state index contributed by atoms with van der Waals surface area (Å²) in [7, 11) is 1.80. The first-order chi connectivity index (χ1) is 7.56. The highest BCUT2D eigenvalue weighted by molar-refractivity contribution is 5.65. The van der Waals surface area contributed by atoms with E-state index < -0.39 is 6.09 Å². The average Bonchev–Trinajstić information content (AvgIpc) is 2.50. The maximum Gasteiger partial charge on any atom is 0.404 e. The Morgan fingerprint density at radius 2 is 2.31 bits per heavy atom. The number of nitrogens with one attached hydrogen (secondary N) is 1. The Labute approximate surface area is 93.7 Å². The minimum Gasteiger partial charge on any atom is -0.448 e. The quantitative estimate of drug-likeness (QED) is 0.617. The molecular formula is C9H17N5O2. The van der Waals surface area contributed by atoms with Crippen LogP contribution in [0.15, 0.2) is 0 Å². The van der Waals surface area contributed by atoms with Crippen LogP contribution in [0.25, 0.3) is 0 Å². The van der Waals surface area contributed by atoms with Crippen molar-refractivity contribution in [2.45, 2.75) is 13.3 Å². The number of anilines is 2. The second-order valence-corrected chi connectivity index (χ2v) is 3.28. The molecule has 0 aliphatic carbocycles. The first kappa shape index (κ1) is 12.2. The summed E-state index contributed by atoms with van der Waals surface area (Å²) in [5.41, 5.74) is 12.2. The minimum absolute atomic E-state index is 0.196. The number of rotatable bonds is 5. The van der Waals surface area contributed by atoms with Gasteiger partial charge in [0.15, 0.2) is 0 Å². The smallest absolute Gasteiger partial charge is 0.404 e. The van der Waals surface area contributed by atoms with Gasteiger partial charge in [-0.15, -0.1) is 0 Å². The van der Waals surface area contributed by atoms with Crippen LogP contribution in [-0.4, -0.2) is 29.0 Å². The molecular weight excluding hydrogens is 210 g/mol. The number of carbonyl (C=O) groups excluding carboxylic acids is 1. The van der Waals surface area contributed by atoms with Gasteiger partial charge < -0.3 is 21.5 Å². The fourth-order valence-corrected chi connectivity index (χ4v) is 1.39. The molecule has 0 saturated heterocycles. The third-order valence-corrected chi connectivity index (χ3v) is 2.13. The van der Waals surface area contributed by atoms with E-state index in [1.54, 1.807) is 11.7 Å². The molecule has 0 atom stereocenters. The molecule has 1 rings (SSSR count). The Kier molecular flexibility index (Phi) is 3.98. The maximum absolute atomic E-state index is 10.3. The van der Waals surface area contributed by atoms with Gasteiger partial charge in [0.05, 0.1) is 17.9 Å². The Bertz CT molecular complexity index is 374. The van der Waals surface area contributed by atoms with E-state index in [0.717, 1.165) is 17.9 Å². The molecule has 0 aliphatic rings. The molecule has 0 unspecified atom stereocenters. The summed E-state index contributed by atoms with van der Waals surface area (Å²) in [6, 6.07) is 0. The fourth-order valence-electron chi connectivity index (χ4n) is 1.39. The molecule has 16 heavy (non-hydrogen) atoms.